The average Bonchev–Trinajstić information content (AvgIpc) is 3.40. The van der Waals surface area contributed by atoms with Gasteiger partial charge in [0.05, 0.1) is 5.52 Å². The molecule has 2 fully saturated rings. The lowest BCUT2D eigenvalue weighted by Crippen LogP contribution is -2.34. The third-order valence-electron chi connectivity index (χ3n) is 6.76. The molecule has 2 amide bonds. The van der Waals surface area contributed by atoms with Gasteiger partial charge in [0, 0.05) is 28.3 Å². The first-order chi connectivity index (χ1) is 14.5. The molecule has 5 rings (SSSR count). The number of aromatic nitrogens is 1. The quantitative estimate of drug-likeness (QED) is 0.522. The van der Waals surface area contributed by atoms with Crippen LogP contribution in [0.4, 0.5) is 14.9 Å². The lowest BCUT2D eigenvalue weighted by molar-refractivity contribution is 0.245. The Morgan fingerprint density at radius 1 is 1.10 bits per heavy atom. The molecule has 2 N–H and O–H groups in total. The summed E-state index contributed by atoms with van der Waals surface area (Å²) in [5.74, 6) is 0.189. The van der Waals surface area contributed by atoms with Gasteiger partial charge in [0.1, 0.15) is 5.82 Å². The van der Waals surface area contributed by atoms with Crippen LogP contribution in [0.15, 0.2) is 54.7 Å². The van der Waals surface area contributed by atoms with Gasteiger partial charge in [-0.2, -0.15) is 0 Å². The number of nitrogens with zero attached hydrogens (tertiary/aromatic N) is 1. The molecule has 0 bridgehead atoms. The standard InChI is InChI=1S/C24H23ClFN3O/c25-16-1-4-18(5-2-16)28-23(30)29-22-14-24(22)10-7-15(8-11-24)19-9-12-27-21-6-3-17(26)13-20(19)21/h1-6,9,12-13,15,22H,7-8,10-11,14H2,(H2,28,29,30)/t15?,22-,24?/m0/s1. The van der Waals surface area contributed by atoms with E-state index in [1.54, 1.807) is 36.4 Å². The number of hydrogen-bond donors (Lipinski definition) is 2. The molecule has 2 aliphatic rings. The number of carbonyl (C=O) groups is 1. The summed E-state index contributed by atoms with van der Waals surface area (Å²) < 4.78 is 13.8. The largest absolute Gasteiger partial charge is 0.335 e. The molecule has 4 nitrogen and oxygen atoms in total. The van der Waals surface area contributed by atoms with E-state index in [-0.39, 0.29) is 23.3 Å². The Kier molecular flexibility index (Phi) is 4.86. The van der Waals surface area contributed by atoms with Gasteiger partial charge < -0.3 is 10.6 Å². The van der Waals surface area contributed by atoms with Crippen molar-refractivity contribution in [3.05, 3.63) is 71.1 Å². The fraction of sp³-hybridized carbons (Fsp3) is 0.333. The van der Waals surface area contributed by atoms with Gasteiger partial charge in [-0.05, 0) is 97.5 Å². The Hall–Kier alpha value is -2.66. The number of halogens is 2. The van der Waals surface area contributed by atoms with E-state index in [1.165, 1.54) is 11.6 Å². The molecule has 1 aromatic heterocycles. The van der Waals surface area contributed by atoms with Crippen LogP contribution in [-0.2, 0) is 0 Å². The topological polar surface area (TPSA) is 54.0 Å². The van der Waals surface area contributed by atoms with Crippen LogP contribution in [0.5, 0.6) is 0 Å². The van der Waals surface area contributed by atoms with Gasteiger partial charge in [0.2, 0.25) is 0 Å². The molecule has 154 valence electrons. The molecular formula is C24H23ClFN3O. The van der Waals surface area contributed by atoms with E-state index in [0.717, 1.165) is 48.7 Å². The summed E-state index contributed by atoms with van der Waals surface area (Å²) in [5, 5.41) is 7.56. The zero-order valence-electron chi connectivity index (χ0n) is 16.5. The number of pyridine rings is 1. The molecule has 0 radical (unpaired) electrons. The van der Waals surface area contributed by atoms with Crippen LogP contribution in [0.3, 0.4) is 0 Å². The van der Waals surface area contributed by atoms with Gasteiger partial charge in [0.25, 0.3) is 0 Å². The third-order valence-corrected chi connectivity index (χ3v) is 7.01. The zero-order chi connectivity index (χ0) is 20.7. The predicted molar refractivity (Wildman–Crippen MR) is 117 cm³/mol. The Morgan fingerprint density at radius 3 is 2.63 bits per heavy atom. The number of hydrogen-bond acceptors (Lipinski definition) is 2. The molecule has 0 saturated heterocycles. The fourth-order valence-corrected chi connectivity index (χ4v) is 5.09. The molecule has 0 aliphatic heterocycles. The van der Waals surface area contributed by atoms with E-state index in [0.29, 0.717) is 10.9 Å². The second kappa shape index (κ2) is 7.55. The van der Waals surface area contributed by atoms with E-state index in [1.807, 2.05) is 12.3 Å². The molecule has 1 atom stereocenters. The second-order valence-corrected chi connectivity index (χ2v) is 9.00. The smallest absolute Gasteiger partial charge is 0.319 e. The summed E-state index contributed by atoms with van der Waals surface area (Å²) in [5.41, 5.74) is 2.98. The van der Waals surface area contributed by atoms with Crippen LogP contribution in [-0.4, -0.2) is 17.1 Å². The van der Waals surface area contributed by atoms with Crippen LogP contribution < -0.4 is 10.6 Å². The van der Waals surface area contributed by atoms with E-state index >= 15 is 0 Å². The Morgan fingerprint density at radius 2 is 1.87 bits per heavy atom. The van der Waals surface area contributed by atoms with Gasteiger partial charge in [-0.1, -0.05) is 11.6 Å². The Labute approximate surface area is 179 Å². The van der Waals surface area contributed by atoms with Crippen molar-refractivity contribution in [2.24, 2.45) is 5.41 Å². The lowest BCUT2D eigenvalue weighted by atomic mass is 9.76. The van der Waals surface area contributed by atoms with Crippen molar-refractivity contribution in [1.82, 2.24) is 10.3 Å². The summed E-state index contributed by atoms with van der Waals surface area (Å²) >= 11 is 5.89. The molecule has 1 heterocycles. The highest BCUT2D eigenvalue weighted by molar-refractivity contribution is 6.30. The average molecular weight is 424 g/mol. The minimum atomic E-state index is -0.220. The molecule has 2 saturated carbocycles. The molecule has 1 spiro atoms. The number of rotatable bonds is 3. The van der Waals surface area contributed by atoms with Crippen molar-refractivity contribution in [1.29, 1.82) is 0 Å². The summed E-state index contributed by atoms with van der Waals surface area (Å²) in [6.45, 7) is 0. The number of urea groups is 1. The lowest BCUT2D eigenvalue weighted by Gasteiger charge is -2.30. The van der Waals surface area contributed by atoms with Crippen LogP contribution in [0.25, 0.3) is 10.9 Å². The predicted octanol–water partition coefficient (Wildman–Crippen LogP) is 6.27. The van der Waals surface area contributed by atoms with Crippen molar-refractivity contribution in [2.75, 3.05) is 5.32 Å². The Balaban J connectivity index is 1.20. The second-order valence-electron chi connectivity index (χ2n) is 8.56. The maximum atomic E-state index is 13.8. The van der Waals surface area contributed by atoms with Crippen LogP contribution in [0.2, 0.25) is 5.02 Å². The monoisotopic (exact) mass is 423 g/mol. The summed E-state index contributed by atoms with van der Waals surface area (Å²) in [4.78, 5) is 16.7. The number of anilines is 1. The number of carbonyl (C=O) groups excluding carboxylic acids is 1. The van der Waals surface area contributed by atoms with Gasteiger partial charge in [-0.3, -0.25) is 4.98 Å². The fourth-order valence-electron chi connectivity index (χ4n) is 4.96. The summed E-state index contributed by atoms with van der Waals surface area (Å²) in [6, 6.07) is 14.0. The maximum Gasteiger partial charge on any atom is 0.319 e. The first kappa shape index (κ1) is 19.3. The van der Waals surface area contributed by atoms with E-state index in [4.69, 9.17) is 11.6 Å². The van der Waals surface area contributed by atoms with Gasteiger partial charge in [-0.15, -0.1) is 0 Å². The minimum Gasteiger partial charge on any atom is -0.335 e. The first-order valence-corrected chi connectivity index (χ1v) is 10.8. The van der Waals surface area contributed by atoms with E-state index < -0.39 is 0 Å². The molecular weight excluding hydrogens is 401 g/mol. The van der Waals surface area contributed by atoms with Crippen molar-refractivity contribution in [3.63, 3.8) is 0 Å². The molecule has 6 heteroatoms. The number of amides is 2. The van der Waals surface area contributed by atoms with Crippen LogP contribution in [0, 0.1) is 11.2 Å². The van der Waals surface area contributed by atoms with Crippen LogP contribution >= 0.6 is 11.6 Å². The van der Waals surface area contributed by atoms with Crippen LogP contribution in [0.1, 0.15) is 43.6 Å². The Bertz CT molecular complexity index is 1090. The van der Waals surface area contributed by atoms with Crippen molar-refractivity contribution in [2.45, 2.75) is 44.1 Å². The molecule has 0 unspecified atom stereocenters. The highest BCUT2D eigenvalue weighted by Gasteiger charge is 2.55. The SMILES string of the molecule is O=C(Nc1ccc(Cl)cc1)N[C@H]1CC12CCC(c1ccnc3ccc(F)cc13)CC2. The normalized spacial score (nSPS) is 25.3. The highest BCUT2D eigenvalue weighted by atomic mass is 35.5. The summed E-state index contributed by atoms with van der Waals surface area (Å²) in [6.07, 6.45) is 7.09. The van der Waals surface area contributed by atoms with Crippen molar-refractivity contribution in [3.8, 4) is 0 Å². The number of nitrogens with one attached hydrogen (secondary N) is 2. The minimum absolute atomic E-state index is 0.170. The molecule has 3 aromatic rings. The maximum absolute atomic E-state index is 13.8. The highest BCUT2D eigenvalue weighted by Crippen LogP contribution is 2.59. The van der Waals surface area contributed by atoms with Gasteiger partial charge >= 0.3 is 6.03 Å². The molecule has 2 aromatic carbocycles. The van der Waals surface area contributed by atoms with E-state index in [9.17, 15) is 9.18 Å². The number of fused-ring (bicyclic) bond motifs is 1. The third kappa shape index (κ3) is 3.74. The first-order valence-electron chi connectivity index (χ1n) is 10.4. The summed E-state index contributed by atoms with van der Waals surface area (Å²) in [7, 11) is 0. The van der Waals surface area contributed by atoms with Crippen molar-refractivity contribution < 1.29 is 9.18 Å². The molecule has 30 heavy (non-hydrogen) atoms. The molecule has 2 aliphatic carbocycles. The van der Waals surface area contributed by atoms with Gasteiger partial charge in [-0.25, -0.2) is 9.18 Å². The van der Waals surface area contributed by atoms with Gasteiger partial charge in [0.15, 0.2) is 0 Å². The van der Waals surface area contributed by atoms with Crippen molar-refractivity contribution >= 4 is 34.2 Å². The zero-order valence-corrected chi connectivity index (χ0v) is 17.3. The number of benzene rings is 2. The van der Waals surface area contributed by atoms with E-state index in [2.05, 4.69) is 15.6 Å².